The molecule has 1 heterocycles. The maximum Gasteiger partial charge on any atom is 0.289 e. The molecule has 0 spiro atoms. The summed E-state index contributed by atoms with van der Waals surface area (Å²) in [5.41, 5.74) is 0. The summed E-state index contributed by atoms with van der Waals surface area (Å²) in [6.45, 7) is 3.55. The molecule has 0 saturated heterocycles. The molecule has 0 saturated carbocycles. The first-order valence-electron chi connectivity index (χ1n) is 3.24. The number of rotatable bonds is 1. The zero-order valence-electron chi connectivity index (χ0n) is 6.63. The monoisotopic (exact) mass is 152 g/mol. The Morgan fingerprint density at radius 1 is 1.55 bits per heavy atom. The van der Waals surface area contributed by atoms with Crippen molar-refractivity contribution in [3.8, 4) is 0 Å². The minimum Gasteiger partial charge on any atom is -0.456 e. The minimum absolute atomic E-state index is 0.139. The Balaban J connectivity index is 2.85. The van der Waals surface area contributed by atoms with Crippen LogP contribution in [0.2, 0.25) is 0 Å². The Bertz CT molecular complexity index is 263. The van der Waals surface area contributed by atoms with E-state index in [1.807, 2.05) is 0 Å². The molecular formula is C8H10NO2. The number of amides is 1. The molecule has 0 aliphatic heterocycles. The van der Waals surface area contributed by atoms with Crippen molar-refractivity contribution in [3.63, 3.8) is 0 Å². The maximum absolute atomic E-state index is 11.2. The number of furan rings is 1. The molecule has 1 radical (unpaired) electrons. The van der Waals surface area contributed by atoms with Crippen molar-refractivity contribution in [3.05, 3.63) is 30.6 Å². The lowest BCUT2D eigenvalue weighted by molar-refractivity contribution is 0.0796. The fourth-order valence-corrected chi connectivity index (χ4v) is 0.713. The van der Waals surface area contributed by atoms with Gasteiger partial charge >= 0.3 is 0 Å². The molecular weight excluding hydrogens is 142 g/mol. The highest BCUT2D eigenvalue weighted by Crippen LogP contribution is 2.07. The Morgan fingerprint density at radius 2 is 2.18 bits per heavy atom. The normalized spacial score (nSPS) is 9.73. The van der Waals surface area contributed by atoms with Gasteiger partial charge in [-0.05, 0) is 12.1 Å². The predicted molar refractivity (Wildman–Crippen MR) is 41.2 cm³/mol. The predicted octanol–water partition coefficient (Wildman–Crippen LogP) is 1.16. The molecule has 1 aromatic rings. The second kappa shape index (κ2) is 2.78. The smallest absolute Gasteiger partial charge is 0.289 e. The lowest BCUT2D eigenvalue weighted by Gasteiger charge is -2.06. The average Bonchev–Trinajstić information content (AvgIpc) is 2.34. The van der Waals surface area contributed by atoms with Gasteiger partial charge in [0, 0.05) is 21.0 Å². The van der Waals surface area contributed by atoms with E-state index >= 15 is 0 Å². The Hall–Kier alpha value is -1.25. The lowest BCUT2D eigenvalue weighted by Crippen LogP contribution is -2.20. The fraction of sp³-hybridized carbons (Fsp3) is 0.250. The Morgan fingerprint density at radius 3 is 2.55 bits per heavy atom. The van der Waals surface area contributed by atoms with E-state index < -0.39 is 0 Å². The van der Waals surface area contributed by atoms with E-state index in [1.165, 1.54) is 4.90 Å². The first-order chi connectivity index (χ1) is 5.11. The molecule has 0 aliphatic rings. The maximum atomic E-state index is 11.2. The van der Waals surface area contributed by atoms with Gasteiger partial charge in [0.1, 0.15) is 5.76 Å². The van der Waals surface area contributed by atoms with Crippen molar-refractivity contribution >= 4 is 5.91 Å². The van der Waals surface area contributed by atoms with Gasteiger partial charge in [-0.25, -0.2) is 0 Å². The molecule has 11 heavy (non-hydrogen) atoms. The van der Waals surface area contributed by atoms with Crippen LogP contribution in [-0.2, 0) is 0 Å². The van der Waals surface area contributed by atoms with Crippen LogP contribution in [0.15, 0.2) is 16.5 Å². The second-order valence-electron chi connectivity index (χ2n) is 2.47. The van der Waals surface area contributed by atoms with Gasteiger partial charge in [-0.2, -0.15) is 0 Å². The first-order valence-corrected chi connectivity index (χ1v) is 3.24. The molecule has 0 atom stereocenters. The average molecular weight is 152 g/mol. The lowest BCUT2D eigenvalue weighted by atomic mass is 10.4. The molecule has 0 bridgehead atoms. The number of hydrogen-bond acceptors (Lipinski definition) is 2. The third kappa shape index (κ3) is 1.61. The summed E-state index contributed by atoms with van der Waals surface area (Å²) in [6, 6.07) is 3.28. The molecule has 1 aromatic heterocycles. The van der Waals surface area contributed by atoms with E-state index in [-0.39, 0.29) is 5.91 Å². The third-order valence-electron chi connectivity index (χ3n) is 1.28. The van der Waals surface area contributed by atoms with Crippen LogP contribution >= 0.6 is 0 Å². The van der Waals surface area contributed by atoms with Gasteiger partial charge in [0.15, 0.2) is 5.76 Å². The van der Waals surface area contributed by atoms with Crippen LogP contribution in [-0.4, -0.2) is 24.9 Å². The highest BCUT2D eigenvalue weighted by atomic mass is 16.3. The summed E-state index contributed by atoms with van der Waals surface area (Å²) in [7, 11) is 3.35. The quantitative estimate of drug-likeness (QED) is 0.605. The van der Waals surface area contributed by atoms with Crippen LogP contribution in [0.1, 0.15) is 16.3 Å². The topological polar surface area (TPSA) is 33.5 Å². The van der Waals surface area contributed by atoms with Crippen LogP contribution in [0.25, 0.3) is 0 Å². The van der Waals surface area contributed by atoms with E-state index in [0.29, 0.717) is 11.5 Å². The van der Waals surface area contributed by atoms with Crippen LogP contribution < -0.4 is 0 Å². The molecule has 0 aliphatic carbocycles. The van der Waals surface area contributed by atoms with Gasteiger partial charge in [-0.3, -0.25) is 4.79 Å². The second-order valence-corrected chi connectivity index (χ2v) is 2.47. The van der Waals surface area contributed by atoms with E-state index in [9.17, 15) is 4.79 Å². The zero-order valence-corrected chi connectivity index (χ0v) is 6.63. The van der Waals surface area contributed by atoms with Crippen LogP contribution in [0.4, 0.5) is 0 Å². The van der Waals surface area contributed by atoms with Crippen molar-refractivity contribution in [1.29, 1.82) is 0 Å². The molecule has 0 aromatic carbocycles. The summed E-state index contributed by atoms with van der Waals surface area (Å²) in [6.07, 6.45) is 0. The number of hydrogen-bond donors (Lipinski definition) is 0. The number of nitrogens with zero attached hydrogens (tertiary/aromatic N) is 1. The molecule has 3 nitrogen and oxygen atoms in total. The van der Waals surface area contributed by atoms with Gasteiger partial charge in [0.25, 0.3) is 5.91 Å². The summed E-state index contributed by atoms with van der Waals surface area (Å²) in [5, 5.41) is 0. The van der Waals surface area contributed by atoms with E-state index in [2.05, 4.69) is 6.92 Å². The molecule has 0 N–H and O–H groups in total. The number of carbonyl (C=O) groups is 1. The minimum atomic E-state index is -0.139. The van der Waals surface area contributed by atoms with Crippen LogP contribution in [0.3, 0.4) is 0 Å². The van der Waals surface area contributed by atoms with Crippen molar-refractivity contribution in [2.45, 2.75) is 0 Å². The molecule has 1 amide bonds. The van der Waals surface area contributed by atoms with Gasteiger partial charge in [-0.15, -0.1) is 0 Å². The Labute approximate surface area is 65.6 Å². The molecule has 0 unspecified atom stereocenters. The molecule has 3 heteroatoms. The highest BCUT2D eigenvalue weighted by Gasteiger charge is 2.10. The number of carbonyl (C=O) groups excluding carboxylic acids is 1. The molecule has 59 valence electrons. The van der Waals surface area contributed by atoms with E-state index in [0.717, 1.165) is 0 Å². The van der Waals surface area contributed by atoms with Gasteiger partial charge in [-0.1, -0.05) is 0 Å². The van der Waals surface area contributed by atoms with Crippen LogP contribution in [0, 0.1) is 6.92 Å². The molecule has 1 rings (SSSR count). The van der Waals surface area contributed by atoms with Crippen LogP contribution in [0.5, 0.6) is 0 Å². The van der Waals surface area contributed by atoms with E-state index in [1.54, 1.807) is 26.2 Å². The summed E-state index contributed by atoms with van der Waals surface area (Å²) >= 11 is 0. The highest BCUT2D eigenvalue weighted by molar-refractivity contribution is 5.91. The van der Waals surface area contributed by atoms with Crippen molar-refractivity contribution in [2.24, 2.45) is 0 Å². The first kappa shape index (κ1) is 7.85. The fourth-order valence-electron chi connectivity index (χ4n) is 0.713. The van der Waals surface area contributed by atoms with Gasteiger partial charge in [0.2, 0.25) is 0 Å². The van der Waals surface area contributed by atoms with Gasteiger partial charge in [0.05, 0.1) is 0 Å². The summed E-state index contributed by atoms with van der Waals surface area (Å²) < 4.78 is 5.00. The van der Waals surface area contributed by atoms with Gasteiger partial charge < -0.3 is 9.32 Å². The van der Waals surface area contributed by atoms with Crippen molar-refractivity contribution in [1.82, 2.24) is 4.90 Å². The van der Waals surface area contributed by atoms with E-state index in [4.69, 9.17) is 4.42 Å². The zero-order chi connectivity index (χ0) is 8.43. The Kier molecular flexibility index (Phi) is 1.98. The largest absolute Gasteiger partial charge is 0.456 e. The van der Waals surface area contributed by atoms with Crippen molar-refractivity contribution < 1.29 is 9.21 Å². The summed E-state index contributed by atoms with van der Waals surface area (Å²) in [4.78, 5) is 12.6. The SMILES string of the molecule is [CH2]c1ccc(C(=O)N(C)C)o1. The molecule has 0 fully saturated rings. The third-order valence-corrected chi connectivity index (χ3v) is 1.28. The van der Waals surface area contributed by atoms with Crippen molar-refractivity contribution in [2.75, 3.05) is 14.1 Å². The standard InChI is InChI=1S/C8H10NO2/c1-6-4-5-7(11-6)8(10)9(2)3/h4-5H,1H2,2-3H3. The summed E-state index contributed by atoms with van der Waals surface area (Å²) in [5.74, 6) is 0.704.